The maximum absolute atomic E-state index is 12.0. The number of piperidine rings is 1. The summed E-state index contributed by atoms with van der Waals surface area (Å²) in [5.41, 5.74) is 0.415. The molecule has 26 heavy (non-hydrogen) atoms. The van der Waals surface area contributed by atoms with Crippen LogP contribution in [0.5, 0.6) is 0 Å². The SMILES string of the molecule is CCCC1(C)CCCN(C(=NC)NCCC(CC)N2CCCC2=O)C1.I. The third kappa shape index (κ3) is 6.27. The topological polar surface area (TPSA) is 47.9 Å². The highest BCUT2D eigenvalue weighted by atomic mass is 127. The summed E-state index contributed by atoms with van der Waals surface area (Å²) < 4.78 is 0. The maximum Gasteiger partial charge on any atom is 0.222 e. The van der Waals surface area contributed by atoms with Crippen molar-refractivity contribution in [3.63, 3.8) is 0 Å². The number of rotatable bonds is 7. The summed E-state index contributed by atoms with van der Waals surface area (Å²) in [5, 5.41) is 3.56. The van der Waals surface area contributed by atoms with Crippen LogP contribution in [0.4, 0.5) is 0 Å². The van der Waals surface area contributed by atoms with E-state index in [1.165, 1.54) is 25.7 Å². The molecule has 2 rings (SSSR count). The molecule has 1 amide bonds. The van der Waals surface area contributed by atoms with Crippen LogP contribution in [0.25, 0.3) is 0 Å². The molecular formula is C20H39IN4O. The largest absolute Gasteiger partial charge is 0.356 e. The number of hydrogen-bond acceptors (Lipinski definition) is 2. The van der Waals surface area contributed by atoms with E-state index in [2.05, 4.69) is 40.9 Å². The molecule has 1 N–H and O–H groups in total. The van der Waals surface area contributed by atoms with Gasteiger partial charge in [0.25, 0.3) is 0 Å². The second-order valence-electron chi connectivity index (χ2n) is 8.10. The molecule has 2 heterocycles. The van der Waals surface area contributed by atoms with Crippen LogP contribution in [0.1, 0.15) is 72.1 Å². The van der Waals surface area contributed by atoms with E-state index in [0.717, 1.165) is 57.8 Å². The summed E-state index contributed by atoms with van der Waals surface area (Å²) in [7, 11) is 1.88. The van der Waals surface area contributed by atoms with E-state index in [0.29, 0.717) is 17.4 Å². The predicted molar refractivity (Wildman–Crippen MR) is 120 cm³/mol. The molecule has 0 radical (unpaired) electrons. The van der Waals surface area contributed by atoms with Crippen molar-refractivity contribution < 1.29 is 4.79 Å². The molecule has 2 atom stereocenters. The molecular weight excluding hydrogens is 439 g/mol. The van der Waals surface area contributed by atoms with Crippen LogP contribution < -0.4 is 5.32 Å². The number of nitrogens with one attached hydrogen (secondary N) is 1. The zero-order valence-corrected chi connectivity index (χ0v) is 19.6. The Balaban J connectivity index is 0.00000338. The lowest BCUT2D eigenvalue weighted by Gasteiger charge is -2.42. The standard InChI is InChI=1S/C20H38N4O.HI/c1-5-11-20(3)12-8-14-23(16-20)19(21-4)22-13-10-17(6-2)24-15-7-9-18(24)25;/h17H,5-16H2,1-4H3,(H,21,22);1H. The van der Waals surface area contributed by atoms with Crippen LogP contribution in [-0.4, -0.2) is 60.9 Å². The Kier molecular flexibility index (Phi) is 10.3. The van der Waals surface area contributed by atoms with Gasteiger partial charge in [0.2, 0.25) is 5.91 Å². The van der Waals surface area contributed by atoms with Gasteiger partial charge in [-0.3, -0.25) is 9.79 Å². The minimum atomic E-state index is 0. The quantitative estimate of drug-likeness (QED) is 0.343. The van der Waals surface area contributed by atoms with Gasteiger partial charge < -0.3 is 15.1 Å². The molecule has 0 aromatic rings. The van der Waals surface area contributed by atoms with E-state index in [9.17, 15) is 4.79 Å². The van der Waals surface area contributed by atoms with Gasteiger partial charge in [0, 0.05) is 45.7 Å². The molecule has 0 bridgehead atoms. The van der Waals surface area contributed by atoms with Crippen LogP contribution in [0.2, 0.25) is 0 Å². The van der Waals surface area contributed by atoms with Crippen LogP contribution in [-0.2, 0) is 4.79 Å². The van der Waals surface area contributed by atoms with Crippen molar-refractivity contribution in [3.05, 3.63) is 0 Å². The van der Waals surface area contributed by atoms with Gasteiger partial charge in [-0.15, -0.1) is 24.0 Å². The number of nitrogens with zero attached hydrogens (tertiary/aromatic N) is 3. The van der Waals surface area contributed by atoms with E-state index in [-0.39, 0.29) is 24.0 Å². The molecule has 0 spiro atoms. The molecule has 152 valence electrons. The van der Waals surface area contributed by atoms with Crippen LogP contribution >= 0.6 is 24.0 Å². The minimum absolute atomic E-state index is 0. The highest BCUT2D eigenvalue weighted by molar-refractivity contribution is 14.0. The predicted octanol–water partition coefficient (Wildman–Crippen LogP) is 3.87. The first kappa shape index (κ1) is 23.5. The van der Waals surface area contributed by atoms with Crippen molar-refractivity contribution in [1.29, 1.82) is 0 Å². The van der Waals surface area contributed by atoms with Gasteiger partial charge in [0.15, 0.2) is 5.96 Å². The summed E-state index contributed by atoms with van der Waals surface area (Å²) in [6.45, 7) is 10.9. The Hall–Kier alpha value is -0.530. The van der Waals surface area contributed by atoms with E-state index in [1.807, 2.05) is 7.05 Å². The Morgan fingerprint density at radius 2 is 2.08 bits per heavy atom. The monoisotopic (exact) mass is 478 g/mol. The van der Waals surface area contributed by atoms with E-state index < -0.39 is 0 Å². The summed E-state index contributed by atoms with van der Waals surface area (Å²) >= 11 is 0. The summed E-state index contributed by atoms with van der Waals surface area (Å²) in [5.74, 6) is 1.37. The Labute approximate surface area is 177 Å². The average molecular weight is 478 g/mol. The fraction of sp³-hybridized carbons (Fsp3) is 0.900. The van der Waals surface area contributed by atoms with Gasteiger partial charge in [-0.05, 0) is 43.9 Å². The molecule has 5 nitrogen and oxygen atoms in total. The maximum atomic E-state index is 12.0. The van der Waals surface area contributed by atoms with Crippen molar-refractivity contribution in [2.45, 2.75) is 78.2 Å². The Bertz CT molecular complexity index is 467. The second-order valence-corrected chi connectivity index (χ2v) is 8.10. The molecule has 6 heteroatoms. The Morgan fingerprint density at radius 3 is 2.65 bits per heavy atom. The number of carbonyl (C=O) groups excluding carboxylic acids is 1. The lowest BCUT2D eigenvalue weighted by Crippen LogP contribution is -2.50. The molecule has 0 saturated carbocycles. The number of hydrogen-bond donors (Lipinski definition) is 1. The molecule has 0 aliphatic carbocycles. The number of carbonyl (C=O) groups is 1. The van der Waals surface area contributed by atoms with Gasteiger partial charge in [-0.25, -0.2) is 0 Å². The van der Waals surface area contributed by atoms with Gasteiger partial charge in [-0.2, -0.15) is 0 Å². The Morgan fingerprint density at radius 1 is 1.31 bits per heavy atom. The molecule has 2 fully saturated rings. The average Bonchev–Trinajstić information content (AvgIpc) is 3.01. The first-order valence-corrected chi connectivity index (χ1v) is 10.3. The molecule has 2 aliphatic rings. The van der Waals surface area contributed by atoms with Crippen molar-refractivity contribution in [2.24, 2.45) is 10.4 Å². The zero-order valence-electron chi connectivity index (χ0n) is 17.2. The van der Waals surface area contributed by atoms with Crippen molar-refractivity contribution in [3.8, 4) is 0 Å². The number of likely N-dealkylation sites (tertiary alicyclic amines) is 2. The third-order valence-electron chi connectivity index (χ3n) is 5.93. The van der Waals surface area contributed by atoms with Gasteiger partial charge in [0.05, 0.1) is 0 Å². The molecule has 2 saturated heterocycles. The normalized spacial score (nSPS) is 25.2. The molecule has 0 aromatic heterocycles. The van der Waals surface area contributed by atoms with E-state index in [4.69, 9.17) is 0 Å². The fourth-order valence-corrected chi connectivity index (χ4v) is 4.62. The van der Waals surface area contributed by atoms with E-state index >= 15 is 0 Å². The highest BCUT2D eigenvalue weighted by Crippen LogP contribution is 2.33. The third-order valence-corrected chi connectivity index (χ3v) is 5.93. The number of aliphatic imine (C=N–C) groups is 1. The highest BCUT2D eigenvalue weighted by Gasteiger charge is 2.31. The molecule has 2 aliphatic heterocycles. The second kappa shape index (κ2) is 11.3. The number of guanidine groups is 1. The van der Waals surface area contributed by atoms with Crippen molar-refractivity contribution >= 4 is 35.8 Å². The first-order valence-electron chi connectivity index (χ1n) is 10.3. The first-order chi connectivity index (χ1) is 12.0. The van der Waals surface area contributed by atoms with Crippen LogP contribution in [0.15, 0.2) is 4.99 Å². The minimum Gasteiger partial charge on any atom is -0.356 e. The lowest BCUT2D eigenvalue weighted by atomic mass is 9.78. The van der Waals surface area contributed by atoms with Crippen molar-refractivity contribution in [1.82, 2.24) is 15.1 Å². The summed E-state index contributed by atoms with van der Waals surface area (Å²) in [4.78, 5) is 21.0. The van der Waals surface area contributed by atoms with Crippen molar-refractivity contribution in [2.75, 3.05) is 33.2 Å². The number of amides is 1. The van der Waals surface area contributed by atoms with Gasteiger partial charge >= 0.3 is 0 Å². The molecule has 2 unspecified atom stereocenters. The zero-order chi connectivity index (χ0) is 18.3. The van der Waals surface area contributed by atoms with E-state index in [1.54, 1.807) is 0 Å². The van der Waals surface area contributed by atoms with Crippen LogP contribution in [0.3, 0.4) is 0 Å². The van der Waals surface area contributed by atoms with Gasteiger partial charge in [-0.1, -0.05) is 27.2 Å². The summed E-state index contributed by atoms with van der Waals surface area (Å²) in [6, 6.07) is 0.368. The number of halogens is 1. The molecule has 0 aromatic carbocycles. The van der Waals surface area contributed by atoms with Crippen LogP contribution in [0, 0.1) is 5.41 Å². The smallest absolute Gasteiger partial charge is 0.222 e. The summed E-state index contributed by atoms with van der Waals surface area (Å²) in [6.07, 6.45) is 8.89. The fourth-order valence-electron chi connectivity index (χ4n) is 4.62. The lowest BCUT2D eigenvalue weighted by molar-refractivity contribution is -0.129. The van der Waals surface area contributed by atoms with Gasteiger partial charge in [0.1, 0.15) is 0 Å².